The molecule has 0 saturated heterocycles. The second-order valence-corrected chi connectivity index (χ2v) is 1.55. The van der Waals surface area contributed by atoms with Gasteiger partial charge in [0.2, 0.25) is 5.82 Å². The molecule has 5 nitrogen and oxygen atoms in total. The van der Waals surface area contributed by atoms with Crippen LogP contribution in [-0.2, 0) is 6.54 Å². The standard InChI is InChI=1S/C5H3N5/c6-1-2-10-4-8-9-5(10)3-7/h4H,2H2. The van der Waals surface area contributed by atoms with E-state index in [9.17, 15) is 0 Å². The third-order valence-corrected chi connectivity index (χ3v) is 0.957. The van der Waals surface area contributed by atoms with Crippen molar-refractivity contribution in [2.24, 2.45) is 0 Å². The molecule has 0 saturated carbocycles. The van der Waals surface area contributed by atoms with E-state index in [2.05, 4.69) is 10.2 Å². The van der Waals surface area contributed by atoms with E-state index in [1.54, 1.807) is 6.07 Å². The molecule has 48 valence electrons. The summed E-state index contributed by atoms with van der Waals surface area (Å²) in [5, 5.41) is 23.5. The van der Waals surface area contributed by atoms with Crippen molar-refractivity contribution in [1.82, 2.24) is 14.8 Å². The Morgan fingerprint density at radius 2 is 2.40 bits per heavy atom. The molecule has 1 aromatic rings. The predicted octanol–water partition coefficient (Wildman–Crippen LogP) is -0.327. The van der Waals surface area contributed by atoms with Gasteiger partial charge in [0.15, 0.2) is 0 Å². The molecule has 10 heavy (non-hydrogen) atoms. The van der Waals surface area contributed by atoms with Crippen molar-refractivity contribution < 1.29 is 0 Å². The summed E-state index contributed by atoms with van der Waals surface area (Å²) in [6.45, 7) is 0.121. The van der Waals surface area contributed by atoms with Gasteiger partial charge in [0, 0.05) is 0 Å². The molecule has 0 fully saturated rings. The highest BCUT2D eigenvalue weighted by Crippen LogP contribution is 1.89. The fourth-order valence-corrected chi connectivity index (χ4v) is 0.533. The van der Waals surface area contributed by atoms with Gasteiger partial charge in [-0.25, -0.2) is 0 Å². The average Bonchev–Trinajstić information content (AvgIpc) is 2.36. The zero-order valence-corrected chi connectivity index (χ0v) is 5.02. The van der Waals surface area contributed by atoms with Gasteiger partial charge in [-0.05, 0) is 0 Å². The van der Waals surface area contributed by atoms with E-state index in [1.165, 1.54) is 10.9 Å². The van der Waals surface area contributed by atoms with Gasteiger partial charge in [-0.1, -0.05) is 0 Å². The first-order chi connectivity index (χ1) is 4.88. The summed E-state index contributed by atoms with van der Waals surface area (Å²) in [7, 11) is 0. The molecule has 1 rings (SSSR count). The summed E-state index contributed by atoms with van der Waals surface area (Å²) >= 11 is 0. The Morgan fingerprint density at radius 3 is 3.00 bits per heavy atom. The van der Waals surface area contributed by atoms with Crippen LogP contribution >= 0.6 is 0 Å². The van der Waals surface area contributed by atoms with Crippen LogP contribution in [-0.4, -0.2) is 14.8 Å². The lowest BCUT2D eigenvalue weighted by molar-refractivity contribution is 0.811. The average molecular weight is 133 g/mol. The molecule has 0 bridgehead atoms. The van der Waals surface area contributed by atoms with Crippen LogP contribution in [0.5, 0.6) is 0 Å². The van der Waals surface area contributed by atoms with Crippen molar-refractivity contribution in [3.05, 3.63) is 12.2 Å². The highest BCUT2D eigenvalue weighted by atomic mass is 15.3. The van der Waals surface area contributed by atoms with Gasteiger partial charge in [-0.3, -0.25) is 4.57 Å². The molecule has 0 aliphatic heterocycles. The smallest absolute Gasteiger partial charge is 0.235 e. The van der Waals surface area contributed by atoms with Crippen molar-refractivity contribution in [2.75, 3.05) is 0 Å². The van der Waals surface area contributed by atoms with Crippen LogP contribution < -0.4 is 0 Å². The fraction of sp³-hybridized carbons (Fsp3) is 0.200. The molecule has 5 heteroatoms. The summed E-state index contributed by atoms with van der Waals surface area (Å²) < 4.78 is 1.38. The van der Waals surface area contributed by atoms with Crippen LogP contribution in [0.15, 0.2) is 6.33 Å². The normalized spacial score (nSPS) is 8.20. The predicted molar refractivity (Wildman–Crippen MR) is 30.3 cm³/mol. The Labute approximate surface area is 57.1 Å². The lowest BCUT2D eigenvalue weighted by Crippen LogP contribution is -1.96. The van der Waals surface area contributed by atoms with E-state index in [0.29, 0.717) is 0 Å². The monoisotopic (exact) mass is 133 g/mol. The van der Waals surface area contributed by atoms with Crippen molar-refractivity contribution >= 4 is 0 Å². The van der Waals surface area contributed by atoms with E-state index in [0.717, 1.165) is 0 Å². The van der Waals surface area contributed by atoms with Crippen molar-refractivity contribution in [3.8, 4) is 12.1 Å². The summed E-state index contributed by atoms with van der Waals surface area (Å²) in [5.74, 6) is 0.168. The quantitative estimate of drug-likeness (QED) is 0.525. The minimum Gasteiger partial charge on any atom is -0.291 e. The van der Waals surface area contributed by atoms with E-state index < -0.39 is 0 Å². The Hall–Kier alpha value is -1.88. The van der Waals surface area contributed by atoms with Crippen LogP contribution in [0.25, 0.3) is 0 Å². The van der Waals surface area contributed by atoms with Crippen molar-refractivity contribution in [3.63, 3.8) is 0 Å². The molecular weight excluding hydrogens is 130 g/mol. The first-order valence-electron chi connectivity index (χ1n) is 2.53. The minimum atomic E-state index is 0.121. The number of hydrogen-bond donors (Lipinski definition) is 0. The van der Waals surface area contributed by atoms with E-state index in [-0.39, 0.29) is 12.4 Å². The van der Waals surface area contributed by atoms with Crippen LogP contribution in [0.3, 0.4) is 0 Å². The SMILES string of the molecule is N#CCn1cnnc1C#N. The zero-order chi connectivity index (χ0) is 7.40. The van der Waals surface area contributed by atoms with Crippen LogP contribution in [0, 0.1) is 22.7 Å². The van der Waals surface area contributed by atoms with Crippen LogP contribution in [0.1, 0.15) is 5.82 Å². The maximum atomic E-state index is 8.35. The van der Waals surface area contributed by atoms with Crippen LogP contribution in [0.2, 0.25) is 0 Å². The second kappa shape index (κ2) is 2.60. The van der Waals surface area contributed by atoms with Gasteiger partial charge in [0.25, 0.3) is 0 Å². The van der Waals surface area contributed by atoms with Crippen LogP contribution in [0.4, 0.5) is 0 Å². The summed E-state index contributed by atoms with van der Waals surface area (Å²) in [6, 6.07) is 3.68. The molecule has 0 N–H and O–H groups in total. The highest BCUT2D eigenvalue weighted by Gasteiger charge is 1.98. The Kier molecular flexibility index (Phi) is 1.63. The van der Waals surface area contributed by atoms with Gasteiger partial charge in [-0.2, -0.15) is 10.5 Å². The number of rotatable bonds is 1. The first kappa shape index (κ1) is 6.24. The third kappa shape index (κ3) is 0.932. The lowest BCUT2D eigenvalue weighted by Gasteiger charge is -1.88. The van der Waals surface area contributed by atoms with Gasteiger partial charge in [0.1, 0.15) is 18.9 Å². The van der Waals surface area contributed by atoms with Gasteiger partial charge in [-0.15, -0.1) is 10.2 Å². The second-order valence-electron chi connectivity index (χ2n) is 1.55. The molecule has 0 amide bonds. The Bertz CT molecular complexity index is 299. The highest BCUT2D eigenvalue weighted by molar-refractivity contribution is 5.08. The zero-order valence-electron chi connectivity index (χ0n) is 5.02. The van der Waals surface area contributed by atoms with Gasteiger partial charge >= 0.3 is 0 Å². The summed E-state index contributed by atoms with van der Waals surface area (Å²) in [5.41, 5.74) is 0. The Morgan fingerprint density at radius 1 is 1.60 bits per heavy atom. The molecule has 0 unspecified atom stereocenters. The molecule has 0 aliphatic carbocycles. The lowest BCUT2D eigenvalue weighted by atomic mass is 10.6. The maximum Gasteiger partial charge on any atom is 0.235 e. The van der Waals surface area contributed by atoms with Crippen molar-refractivity contribution in [2.45, 2.75) is 6.54 Å². The topological polar surface area (TPSA) is 78.3 Å². The molecule has 0 radical (unpaired) electrons. The molecule has 1 heterocycles. The van der Waals surface area contributed by atoms with Crippen molar-refractivity contribution in [1.29, 1.82) is 10.5 Å². The molecular formula is C5H3N5. The maximum absolute atomic E-state index is 8.35. The summed E-state index contributed by atoms with van der Waals surface area (Å²) in [6.07, 6.45) is 1.35. The summed E-state index contributed by atoms with van der Waals surface area (Å²) in [4.78, 5) is 0. The molecule has 1 aromatic heterocycles. The molecule has 0 spiro atoms. The number of nitriles is 2. The van der Waals surface area contributed by atoms with E-state index >= 15 is 0 Å². The number of hydrogen-bond acceptors (Lipinski definition) is 4. The molecule has 0 atom stereocenters. The largest absolute Gasteiger partial charge is 0.291 e. The van der Waals surface area contributed by atoms with E-state index in [4.69, 9.17) is 10.5 Å². The third-order valence-electron chi connectivity index (χ3n) is 0.957. The molecule has 0 aliphatic rings. The number of nitrogens with zero attached hydrogens (tertiary/aromatic N) is 5. The van der Waals surface area contributed by atoms with Gasteiger partial charge in [0.05, 0.1) is 6.07 Å². The molecule has 0 aromatic carbocycles. The van der Waals surface area contributed by atoms with Gasteiger partial charge < -0.3 is 0 Å². The minimum absolute atomic E-state index is 0.121. The first-order valence-corrected chi connectivity index (χ1v) is 2.53. The van der Waals surface area contributed by atoms with E-state index in [1.807, 2.05) is 6.07 Å². The Balaban J connectivity index is 2.96. The fourth-order valence-electron chi connectivity index (χ4n) is 0.533. The number of aromatic nitrogens is 3.